The van der Waals surface area contributed by atoms with E-state index in [1.54, 1.807) is 0 Å². The fourth-order valence-corrected chi connectivity index (χ4v) is 1.83. The summed E-state index contributed by atoms with van der Waals surface area (Å²) in [6.45, 7) is 1.87. The maximum absolute atomic E-state index is 11.2. The summed E-state index contributed by atoms with van der Waals surface area (Å²) in [7, 11) is 0. The van der Waals surface area contributed by atoms with Gasteiger partial charge in [-0.25, -0.2) is 0 Å². The van der Waals surface area contributed by atoms with Crippen molar-refractivity contribution in [2.45, 2.75) is 19.4 Å². The molecule has 0 saturated heterocycles. The minimum atomic E-state index is -0.253. The first-order chi connectivity index (χ1) is 7.79. The van der Waals surface area contributed by atoms with E-state index in [2.05, 4.69) is 10.6 Å². The summed E-state index contributed by atoms with van der Waals surface area (Å²) in [4.78, 5) is 11.2. The summed E-state index contributed by atoms with van der Waals surface area (Å²) in [6.07, 6.45) is 0.885. The molecule has 0 spiro atoms. The molecule has 2 N–H and O–H groups in total. The second-order valence-electron chi connectivity index (χ2n) is 3.79. The van der Waals surface area contributed by atoms with E-state index >= 15 is 0 Å². The monoisotopic (exact) mass is 215 g/mol. The highest BCUT2D eigenvalue weighted by Crippen LogP contribution is 2.18. The van der Waals surface area contributed by atoms with E-state index < -0.39 is 0 Å². The molecule has 0 fully saturated rings. The number of nitriles is 1. The van der Waals surface area contributed by atoms with Gasteiger partial charge in [0.15, 0.2) is 0 Å². The standard InChI is InChI=1S/C12H13N3O/c13-5-3-12(16)15-11-2-1-10-8-14-6-4-9(10)7-11/h1-2,7,14H,3-4,6,8H2,(H,15,16). The highest BCUT2D eigenvalue weighted by atomic mass is 16.1. The van der Waals surface area contributed by atoms with Crippen LogP contribution in [0.25, 0.3) is 0 Å². The van der Waals surface area contributed by atoms with Gasteiger partial charge in [0.25, 0.3) is 0 Å². The lowest BCUT2D eigenvalue weighted by atomic mass is 10.0. The summed E-state index contributed by atoms with van der Waals surface area (Å²) in [6, 6.07) is 7.71. The van der Waals surface area contributed by atoms with Crippen molar-refractivity contribution in [2.75, 3.05) is 11.9 Å². The molecule has 1 aliphatic rings. The van der Waals surface area contributed by atoms with Crippen LogP contribution in [0.4, 0.5) is 5.69 Å². The van der Waals surface area contributed by atoms with Crippen LogP contribution >= 0.6 is 0 Å². The molecule has 0 unspecified atom stereocenters. The van der Waals surface area contributed by atoms with Gasteiger partial charge in [0.05, 0.1) is 6.07 Å². The molecule has 16 heavy (non-hydrogen) atoms. The largest absolute Gasteiger partial charge is 0.325 e. The van der Waals surface area contributed by atoms with E-state index in [1.807, 2.05) is 24.3 Å². The number of benzene rings is 1. The molecule has 0 radical (unpaired) electrons. The zero-order valence-electron chi connectivity index (χ0n) is 8.92. The second-order valence-corrected chi connectivity index (χ2v) is 3.79. The predicted octanol–water partition coefficient (Wildman–Crippen LogP) is 1.18. The number of amides is 1. The Morgan fingerprint density at radius 1 is 1.50 bits per heavy atom. The Morgan fingerprint density at radius 3 is 3.19 bits per heavy atom. The fourth-order valence-electron chi connectivity index (χ4n) is 1.83. The van der Waals surface area contributed by atoms with Gasteiger partial charge < -0.3 is 10.6 Å². The lowest BCUT2D eigenvalue weighted by Gasteiger charge is -2.17. The van der Waals surface area contributed by atoms with Gasteiger partial charge in [0, 0.05) is 12.2 Å². The molecule has 1 aliphatic heterocycles. The Balaban J connectivity index is 2.12. The SMILES string of the molecule is N#CCC(=O)Nc1ccc2c(c1)CCNC2. The number of rotatable bonds is 2. The van der Waals surface area contributed by atoms with Crippen LogP contribution in [0.1, 0.15) is 17.5 Å². The van der Waals surface area contributed by atoms with Gasteiger partial charge in [-0.15, -0.1) is 0 Å². The highest BCUT2D eigenvalue weighted by Gasteiger charge is 2.09. The first-order valence-corrected chi connectivity index (χ1v) is 5.29. The van der Waals surface area contributed by atoms with Crippen molar-refractivity contribution in [1.29, 1.82) is 5.26 Å². The van der Waals surface area contributed by atoms with Gasteiger partial charge in [-0.3, -0.25) is 4.79 Å². The third kappa shape index (κ3) is 2.38. The molecule has 4 nitrogen and oxygen atoms in total. The summed E-state index contributed by atoms with van der Waals surface area (Å²) in [5, 5.41) is 14.4. The van der Waals surface area contributed by atoms with Crippen LogP contribution in [0.3, 0.4) is 0 Å². The molecule has 4 heteroatoms. The van der Waals surface area contributed by atoms with Crippen molar-refractivity contribution in [1.82, 2.24) is 5.32 Å². The highest BCUT2D eigenvalue weighted by molar-refractivity contribution is 5.92. The van der Waals surface area contributed by atoms with Crippen LogP contribution < -0.4 is 10.6 Å². The van der Waals surface area contributed by atoms with E-state index in [4.69, 9.17) is 5.26 Å². The lowest BCUT2D eigenvalue weighted by molar-refractivity contribution is -0.115. The minimum absolute atomic E-state index is 0.0986. The summed E-state index contributed by atoms with van der Waals surface area (Å²) in [5.41, 5.74) is 3.33. The average Bonchev–Trinajstić information content (AvgIpc) is 2.29. The van der Waals surface area contributed by atoms with Gasteiger partial charge in [-0.1, -0.05) is 6.07 Å². The third-order valence-corrected chi connectivity index (χ3v) is 2.62. The van der Waals surface area contributed by atoms with Gasteiger partial charge in [0.1, 0.15) is 6.42 Å². The van der Waals surface area contributed by atoms with Crippen LogP contribution in [0.15, 0.2) is 18.2 Å². The molecular weight excluding hydrogens is 202 g/mol. The van der Waals surface area contributed by atoms with Crippen LogP contribution in [0.5, 0.6) is 0 Å². The van der Waals surface area contributed by atoms with E-state index in [1.165, 1.54) is 11.1 Å². The number of carbonyl (C=O) groups excluding carboxylic acids is 1. The number of hydrogen-bond acceptors (Lipinski definition) is 3. The Hall–Kier alpha value is -1.86. The first kappa shape index (κ1) is 10.7. The van der Waals surface area contributed by atoms with Crippen LogP contribution in [-0.4, -0.2) is 12.5 Å². The predicted molar refractivity (Wildman–Crippen MR) is 60.7 cm³/mol. The van der Waals surface area contributed by atoms with E-state index in [0.29, 0.717) is 0 Å². The molecule has 0 bridgehead atoms. The van der Waals surface area contributed by atoms with Crippen molar-refractivity contribution < 1.29 is 4.79 Å². The van der Waals surface area contributed by atoms with Gasteiger partial charge in [0.2, 0.25) is 5.91 Å². The first-order valence-electron chi connectivity index (χ1n) is 5.29. The Kier molecular flexibility index (Phi) is 3.18. The number of nitrogens with one attached hydrogen (secondary N) is 2. The molecule has 1 heterocycles. The van der Waals surface area contributed by atoms with Crippen molar-refractivity contribution in [3.05, 3.63) is 29.3 Å². The minimum Gasteiger partial charge on any atom is -0.325 e. The molecular formula is C12H13N3O. The lowest BCUT2D eigenvalue weighted by Crippen LogP contribution is -2.23. The summed E-state index contributed by atoms with van der Waals surface area (Å²) >= 11 is 0. The summed E-state index contributed by atoms with van der Waals surface area (Å²) in [5.74, 6) is -0.253. The molecule has 0 aromatic heterocycles. The second kappa shape index (κ2) is 4.77. The van der Waals surface area contributed by atoms with Gasteiger partial charge >= 0.3 is 0 Å². The maximum Gasteiger partial charge on any atom is 0.238 e. The van der Waals surface area contributed by atoms with Crippen molar-refractivity contribution in [2.24, 2.45) is 0 Å². The van der Waals surface area contributed by atoms with Crippen molar-refractivity contribution >= 4 is 11.6 Å². The molecule has 0 atom stereocenters. The fraction of sp³-hybridized carbons (Fsp3) is 0.333. The molecule has 1 amide bonds. The number of fused-ring (bicyclic) bond motifs is 1. The van der Waals surface area contributed by atoms with Crippen molar-refractivity contribution in [3.8, 4) is 6.07 Å². The van der Waals surface area contributed by atoms with Gasteiger partial charge in [-0.05, 0) is 36.2 Å². The molecule has 0 aliphatic carbocycles. The quantitative estimate of drug-likeness (QED) is 0.778. The molecule has 82 valence electrons. The summed E-state index contributed by atoms with van der Waals surface area (Å²) < 4.78 is 0. The Morgan fingerprint density at radius 2 is 2.38 bits per heavy atom. The number of hydrogen-bond donors (Lipinski definition) is 2. The molecule has 1 aromatic rings. The van der Waals surface area contributed by atoms with Crippen LogP contribution in [0, 0.1) is 11.3 Å². The Labute approximate surface area is 94.3 Å². The molecule has 0 saturated carbocycles. The molecule has 2 rings (SSSR count). The van der Waals surface area contributed by atoms with Crippen LogP contribution in [0.2, 0.25) is 0 Å². The van der Waals surface area contributed by atoms with E-state index in [0.717, 1.165) is 25.2 Å². The number of carbonyl (C=O) groups is 1. The smallest absolute Gasteiger partial charge is 0.238 e. The third-order valence-electron chi connectivity index (χ3n) is 2.62. The maximum atomic E-state index is 11.2. The average molecular weight is 215 g/mol. The zero-order chi connectivity index (χ0) is 11.4. The zero-order valence-corrected chi connectivity index (χ0v) is 8.92. The normalized spacial score (nSPS) is 13.7. The topological polar surface area (TPSA) is 64.9 Å². The van der Waals surface area contributed by atoms with E-state index in [-0.39, 0.29) is 12.3 Å². The van der Waals surface area contributed by atoms with E-state index in [9.17, 15) is 4.79 Å². The Bertz CT molecular complexity index is 448. The number of nitrogens with zero attached hydrogens (tertiary/aromatic N) is 1. The van der Waals surface area contributed by atoms with Crippen molar-refractivity contribution in [3.63, 3.8) is 0 Å². The number of anilines is 1. The van der Waals surface area contributed by atoms with Gasteiger partial charge in [-0.2, -0.15) is 5.26 Å². The molecule has 1 aromatic carbocycles. The van der Waals surface area contributed by atoms with Crippen LogP contribution in [-0.2, 0) is 17.8 Å².